The van der Waals surface area contributed by atoms with Crippen LogP contribution in [0.15, 0.2) is 52.4 Å². The molecule has 8 nitrogen and oxygen atoms in total. The number of rotatable bonds is 6. The van der Waals surface area contributed by atoms with E-state index in [1.54, 1.807) is 49.4 Å². The minimum absolute atomic E-state index is 0.0702. The summed E-state index contributed by atoms with van der Waals surface area (Å²) in [4.78, 5) is 25.0. The number of benzene rings is 2. The number of ether oxygens (including phenoxy) is 2. The fourth-order valence-electron chi connectivity index (χ4n) is 2.95. The number of carbonyl (C=O) groups is 1. The molecule has 0 saturated carbocycles. The van der Waals surface area contributed by atoms with Crippen LogP contribution < -0.4 is 10.2 Å². The van der Waals surface area contributed by atoms with Crippen molar-refractivity contribution in [2.75, 3.05) is 6.61 Å². The molecule has 1 N–H and O–H groups in total. The van der Waals surface area contributed by atoms with Crippen molar-refractivity contribution in [3.63, 3.8) is 0 Å². The molecule has 0 aliphatic heterocycles. The van der Waals surface area contributed by atoms with Crippen LogP contribution in [0.25, 0.3) is 16.6 Å². The highest BCUT2D eigenvalue weighted by atomic mass is 32.1. The average molecular weight is 475 g/mol. The lowest BCUT2D eigenvalue weighted by molar-refractivity contribution is 0.0516. The first-order chi connectivity index (χ1) is 14.7. The lowest BCUT2D eigenvalue weighted by atomic mass is 10.1. The number of aromatic nitrogens is 2. The Bertz CT molecular complexity index is 1230. The van der Waals surface area contributed by atoms with E-state index in [9.17, 15) is 14.8 Å². The molecule has 31 heavy (non-hydrogen) atoms. The standard InChI is InChI=1S/C19H20BN3O5P2S/c1-2-27-18(25)15-16(24)14-12(17(31)22-26)4-3-5-13(14)23(21-15)10-6-8-11(9-7-10)28-19(20,29)30/h3-9,26H,2,20,29-30H2,1H3,(H,22,31). The van der Waals surface area contributed by atoms with Crippen LogP contribution in [0.3, 0.4) is 0 Å². The molecular weight excluding hydrogens is 455 g/mol. The molecule has 2 aromatic carbocycles. The number of thiol groups is 1. The molecule has 12 heteroatoms. The molecule has 0 saturated heterocycles. The van der Waals surface area contributed by atoms with E-state index >= 15 is 0 Å². The zero-order chi connectivity index (χ0) is 22.8. The van der Waals surface area contributed by atoms with Crippen LogP contribution in [0.1, 0.15) is 23.0 Å². The summed E-state index contributed by atoms with van der Waals surface area (Å²) in [6, 6.07) is 11.9. The summed E-state index contributed by atoms with van der Waals surface area (Å²) in [5.41, 5.74) is 0.218. The minimum Gasteiger partial charge on any atom is -0.489 e. The highest BCUT2D eigenvalue weighted by Gasteiger charge is 2.22. The third kappa shape index (κ3) is 5.09. The summed E-state index contributed by atoms with van der Waals surface area (Å²) in [6.07, 6.45) is 0. The molecule has 2 unspecified atom stereocenters. The van der Waals surface area contributed by atoms with Gasteiger partial charge in [-0.25, -0.2) is 9.48 Å². The van der Waals surface area contributed by atoms with Crippen LogP contribution in [0.5, 0.6) is 5.75 Å². The Labute approximate surface area is 189 Å². The van der Waals surface area contributed by atoms with Gasteiger partial charge in [0.15, 0.2) is 7.85 Å². The van der Waals surface area contributed by atoms with Crippen molar-refractivity contribution in [1.29, 1.82) is 0 Å². The van der Waals surface area contributed by atoms with Crippen molar-refractivity contribution in [2.24, 2.45) is 5.16 Å². The molecule has 0 fully saturated rings. The number of fused-ring (bicyclic) bond motifs is 1. The molecule has 3 rings (SSSR count). The van der Waals surface area contributed by atoms with Gasteiger partial charge in [0, 0.05) is 5.56 Å². The Morgan fingerprint density at radius 1 is 1.29 bits per heavy atom. The zero-order valence-electron chi connectivity index (χ0n) is 16.8. The van der Waals surface area contributed by atoms with E-state index in [0.717, 1.165) is 0 Å². The molecule has 2 atom stereocenters. The van der Waals surface area contributed by atoms with E-state index in [2.05, 4.69) is 41.4 Å². The number of oxime groups is 1. The Kier molecular flexibility index (Phi) is 7.05. The second kappa shape index (κ2) is 9.39. The lowest BCUT2D eigenvalue weighted by Crippen LogP contribution is -2.25. The van der Waals surface area contributed by atoms with E-state index in [1.807, 2.05) is 7.85 Å². The third-order valence-corrected chi connectivity index (χ3v) is 4.70. The first-order valence-electron chi connectivity index (χ1n) is 9.18. The maximum atomic E-state index is 13.1. The molecule has 0 bridgehead atoms. The van der Waals surface area contributed by atoms with Gasteiger partial charge in [-0.3, -0.25) is 4.79 Å². The van der Waals surface area contributed by atoms with Crippen LogP contribution >= 0.6 is 31.1 Å². The fourth-order valence-corrected chi connectivity index (χ4v) is 3.41. The lowest BCUT2D eigenvalue weighted by Gasteiger charge is -2.21. The predicted molar refractivity (Wildman–Crippen MR) is 132 cm³/mol. The number of nitrogens with zero attached hydrogens (tertiary/aromatic N) is 3. The van der Waals surface area contributed by atoms with Crippen LogP contribution in [-0.2, 0) is 4.74 Å². The van der Waals surface area contributed by atoms with Gasteiger partial charge in [-0.15, -0.1) is 12.6 Å². The normalized spacial score (nSPS) is 12.1. The van der Waals surface area contributed by atoms with Crippen LogP contribution in [0.4, 0.5) is 0 Å². The maximum Gasteiger partial charge on any atom is 0.362 e. The van der Waals surface area contributed by atoms with E-state index in [0.29, 0.717) is 17.0 Å². The van der Waals surface area contributed by atoms with Gasteiger partial charge < -0.3 is 14.7 Å². The Morgan fingerprint density at radius 2 is 1.97 bits per heavy atom. The quantitative estimate of drug-likeness (QED) is 0.0827. The van der Waals surface area contributed by atoms with Crippen molar-refractivity contribution in [3.8, 4) is 11.4 Å². The van der Waals surface area contributed by atoms with Crippen LogP contribution in [0.2, 0.25) is 0 Å². The molecule has 0 aliphatic carbocycles. The number of esters is 1. The first-order valence-corrected chi connectivity index (χ1v) is 10.8. The molecule has 0 radical (unpaired) electrons. The molecule has 160 valence electrons. The summed E-state index contributed by atoms with van der Waals surface area (Å²) < 4.78 is 12.2. The van der Waals surface area contributed by atoms with Gasteiger partial charge in [-0.1, -0.05) is 35.8 Å². The van der Waals surface area contributed by atoms with Crippen molar-refractivity contribution in [2.45, 2.75) is 11.9 Å². The van der Waals surface area contributed by atoms with Gasteiger partial charge >= 0.3 is 5.97 Å². The zero-order valence-corrected chi connectivity index (χ0v) is 20.0. The third-order valence-electron chi connectivity index (χ3n) is 4.14. The van der Waals surface area contributed by atoms with Crippen molar-refractivity contribution < 1.29 is 19.5 Å². The summed E-state index contributed by atoms with van der Waals surface area (Å²) >= 11 is 4.14. The Balaban J connectivity index is 2.29. The van der Waals surface area contributed by atoms with Gasteiger partial charge in [-0.2, -0.15) is 5.10 Å². The molecule has 3 aromatic rings. The molecule has 0 aliphatic rings. The van der Waals surface area contributed by atoms with E-state index in [4.69, 9.17) is 9.47 Å². The summed E-state index contributed by atoms with van der Waals surface area (Å²) in [5, 5.41) is 16.6. The van der Waals surface area contributed by atoms with E-state index in [1.165, 1.54) is 4.68 Å². The SMILES string of the molecule is BC(P)(P)Oc1ccc(-n2nc(C(=O)OCC)c(=O)c3c(/C(S)=N/O)cccc32)cc1. The molecule has 0 amide bonds. The first kappa shape index (κ1) is 23.3. The number of carbonyl (C=O) groups excluding carboxylic acids is 1. The second-order valence-electron chi connectivity index (χ2n) is 6.71. The highest BCUT2D eigenvalue weighted by molar-refractivity contribution is 7.97. The monoisotopic (exact) mass is 475 g/mol. The molecule has 1 heterocycles. The largest absolute Gasteiger partial charge is 0.489 e. The minimum atomic E-state index is -0.846. The molecular formula is C19H20BN3O5P2S. The molecule has 0 spiro atoms. The molecule has 1 aromatic heterocycles. The van der Waals surface area contributed by atoms with Gasteiger partial charge in [0.1, 0.15) is 10.8 Å². The van der Waals surface area contributed by atoms with Gasteiger partial charge in [0.05, 0.1) is 28.2 Å². The number of hydrogen-bond acceptors (Lipinski definition) is 7. The smallest absolute Gasteiger partial charge is 0.362 e. The van der Waals surface area contributed by atoms with E-state index < -0.39 is 16.4 Å². The highest BCUT2D eigenvalue weighted by Crippen LogP contribution is 2.28. The summed E-state index contributed by atoms with van der Waals surface area (Å²) in [7, 11) is 7.00. The van der Waals surface area contributed by atoms with Gasteiger partial charge in [0.25, 0.3) is 0 Å². The maximum absolute atomic E-state index is 13.1. The Morgan fingerprint density at radius 3 is 2.55 bits per heavy atom. The topological polar surface area (TPSA) is 103 Å². The van der Waals surface area contributed by atoms with Crippen LogP contribution in [0, 0.1) is 0 Å². The predicted octanol–water partition coefficient (Wildman–Crippen LogP) is 2.00. The van der Waals surface area contributed by atoms with Gasteiger partial charge in [-0.05, 0) is 37.3 Å². The van der Waals surface area contributed by atoms with Crippen LogP contribution in [-0.4, -0.2) is 45.4 Å². The van der Waals surface area contributed by atoms with Crippen molar-refractivity contribution >= 4 is 60.9 Å². The van der Waals surface area contributed by atoms with E-state index in [-0.39, 0.29) is 28.3 Å². The fraction of sp³-hybridized carbons (Fsp3) is 0.158. The second-order valence-corrected chi connectivity index (χ2v) is 10.1. The van der Waals surface area contributed by atoms with Crippen molar-refractivity contribution in [3.05, 3.63) is 63.9 Å². The summed E-state index contributed by atoms with van der Waals surface area (Å²) in [6.45, 7) is 1.72. The van der Waals surface area contributed by atoms with Crippen molar-refractivity contribution in [1.82, 2.24) is 9.78 Å². The Hall–Kier alpha value is -2.41. The van der Waals surface area contributed by atoms with Gasteiger partial charge in [0.2, 0.25) is 11.1 Å². The number of hydrogen-bond donors (Lipinski definition) is 2. The summed E-state index contributed by atoms with van der Waals surface area (Å²) in [5.74, 6) is -0.223. The average Bonchev–Trinajstić information content (AvgIpc) is 2.73.